The Balaban J connectivity index is 3.17. The van der Waals surface area contributed by atoms with E-state index in [0.29, 0.717) is 6.42 Å². The van der Waals surface area contributed by atoms with E-state index in [1.807, 2.05) is 6.08 Å². The van der Waals surface area contributed by atoms with Crippen LogP contribution in [0.4, 0.5) is 0 Å². The van der Waals surface area contributed by atoms with Gasteiger partial charge in [0.05, 0.1) is 5.75 Å². The molecule has 0 aromatic carbocycles. The molecule has 0 aromatic rings. The van der Waals surface area contributed by atoms with E-state index >= 15 is 0 Å². The molecule has 4 heteroatoms. The maximum Gasteiger partial charge on any atom is 0.264 e. The van der Waals surface area contributed by atoms with Crippen molar-refractivity contribution in [3.8, 4) is 0 Å². The molecule has 0 heterocycles. The molecular weight excluding hydrogens is 176 g/mol. The van der Waals surface area contributed by atoms with Gasteiger partial charge >= 0.3 is 0 Å². The van der Waals surface area contributed by atoms with E-state index in [4.69, 9.17) is 4.55 Å². The molecule has 0 spiro atoms. The van der Waals surface area contributed by atoms with Crippen LogP contribution in [0.2, 0.25) is 0 Å². The third-order valence-corrected chi connectivity index (χ3v) is 2.37. The monoisotopic (exact) mass is 192 g/mol. The fraction of sp³-hybridized carbons (Fsp3) is 0.750. The third-order valence-electron chi connectivity index (χ3n) is 1.56. The zero-order valence-electron chi connectivity index (χ0n) is 7.20. The zero-order valence-corrected chi connectivity index (χ0v) is 8.02. The molecule has 3 nitrogen and oxygen atoms in total. The maximum atomic E-state index is 10.3. The number of allylic oxidation sites excluding steroid dienone is 1. The normalized spacial score (nSPS) is 11.4. The number of hydrogen-bond acceptors (Lipinski definition) is 2. The van der Waals surface area contributed by atoms with E-state index in [9.17, 15) is 8.42 Å². The summed E-state index contributed by atoms with van der Waals surface area (Å²) in [7, 11) is -3.74. The summed E-state index contributed by atoms with van der Waals surface area (Å²) in [5, 5.41) is 0. The van der Waals surface area contributed by atoms with Gasteiger partial charge in [0.25, 0.3) is 10.1 Å². The highest BCUT2D eigenvalue weighted by molar-refractivity contribution is 7.85. The fourth-order valence-corrected chi connectivity index (χ4v) is 1.50. The average Bonchev–Trinajstić information content (AvgIpc) is 1.94. The molecule has 0 rings (SSSR count). The zero-order chi connectivity index (χ0) is 9.45. The van der Waals surface area contributed by atoms with Gasteiger partial charge in [0.2, 0.25) is 0 Å². The Hall–Kier alpha value is -0.350. The minimum absolute atomic E-state index is 0.110. The first kappa shape index (κ1) is 11.6. The SMILES string of the molecule is C=CCCCCCCS(=O)(=O)O. The smallest absolute Gasteiger partial charge is 0.264 e. The standard InChI is InChI=1S/C8H16O3S/c1-2-3-4-5-6-7-8-12(9,10)11/h2H,1,3-8H2,(H,9,10,11). The van der Waals surface area contributed by atoms with Crippen molar-refractivity contribution in [3.05, 3.63) is 12.7 Å². The van der Waals surface area contributed by atoms with Gasteiger partial charge in [-0.2, -0.15) is 8.42 Å². The molecule has 0 amide bonds. The van der Waals surface area contributed by atoms with E-state index < -0.39 is 10.1 Å². The van der Waals surface area contributed by atoms with Crippen LogP contribution in [0.25, 0.3) is 0 Å². The lowest BCUT2D eigenvalue weighted by Crippen LogP contribution is -2.03. The number of rotatable bonds is 7. The maximum absolute atomic E-state index is 10.3. The van der Waals surface area contributed by atoms with Gasteiger partial charge in [-0.1, -0.05) is 18.9 Å². The Bertz CT molecular complexity index is 206. The number of unbranched alkanes of at least 4 members (excludes halogenated alkanes) is 4. The van der Waals surface area contributed by atoms with Crippen molar-refractivity contribution in [1.82, 2.24) is 0 Å². The molecule has 0 aromatic heterocycles. The van der Waals surface area contributed by atoms with Crippen molar-refractivity contribution < 1.29 is 13.0 Å². The highest BCUT2D eigenvalue weighted by Crippen LogP contribution is 2.04. The number of hydrogen-bond donors (Lipinski definition) is 1. The molecule has 0 aliphatic carbocycles. The molecule has 72 valence electrons. The molecule has 0 fully saturated rings. The van der Waals surface area contributed by atoms with E-state index in [0.717, 1.165) is 25.7 Å². The molecular formula is C8H16O3S. The Kier molecular flexibility index (Phi) is 6.02. The molecule has 0 saturated carbocycles. The van der Waals surface area contributed by atoms with Gasteiger partial charge in [-0.05, 0) is 19.3 Å². The highest BCUT2D eigenvalue weighted by atomic mass is 32.2. The average molecular weight is 192 g/mol. The molecule has 0 radical (unpaired) electrons. The first-order chi connectivity index (χ1) is 5.56. The van der Waals surface area contributed by atoms with Crippen molar-refractivity contribution in [2.24, 2.45) is 0 Å². The van der Waals surface area contributed by atoms with Crippen LogP contribution in [-0.2, 0) is 10.1 Å². The Morgan fingerprint density at radius 1 is 1.17 bits per heavy atom. The van der Waals surface area contributed by atoms with Crippen LogP contribution in [0.5, 0.6) is 0 Å². The molecule has 0 saturated heterocycles. The van der Waals surface area contributed by atoms with Crippen LogP contribution < -0.4 is 0 Å². The van der Waals surface area contributed by atoms with Gasteiger partial charge in [-0.25, -0.2) is 0 Å². The van der Waals surface area contributed by atoms with Gasteiger partial charge in [0, 0.05) is 0 Å². The molecule has 0 atom stereocenters. The van der Waals surface area contributed by atoms with Crippen LogP contribution in [0.3, 0.4) is 0 Å². The third kappa shape index (κ3) is 9.65. The lowest BCUT2D eigenvalue weighted by atomic mass is 10.2. The summed E-state index contributed by atoms with van der Waals surface area (Å²) < 4.78 is 28.9. The first-order valence-electron chi connectivity index (χ1n) is 4.12. The summed E-state index contributed by atoms with van der Waals surface area (Å²) in [5.41, 5.74) is 0. The Labute approximate surface area is 74.2 Å². The van der Waals surface area contributed by atoms with Crippen molar-refractivity contribution in [2.75, 3.05) is 5.75 Å². The van der Waals surface area contributed by atoms with Gasteiger partial charge in [-0.3, -0.25) is 4.55 Å². The van der Waals surface area contributed by atoms with E-state index in [2.05, 4.69) is 6.58 Å². The predicted molar refractivity (Wildman–Crippen MR) is 49.7 cm³/mol. The summed E-state index contributed by atoms with van der Waals surface area (Å²) in [4.78, 5) is 0. The molecule has 0 bridgehead atoms. The molecule has 1 N–H and O–H groups in total. The van der Waals surface area contributed by atoms with Gasteiger partial charge < -0.3 is 0 Å². The van der Waals surface area contributed by atoms with Crippen LogP contribution in [0, 0.1) is 0 Å². The lowest BCUT2D eigenvalue weighted by Gasteiger charge is -1.97. The Morgan fingerprint density at radius 3 is 2.25 bits per heavy atom. The first-order valence-corrected chi connectivity index (χ1v) is 5.73. The van der Waals surface area contributed by atoms with Crippen LogP contribution in [-0.4, -0.2) is 18.7 Å². The predicted octanol–water partition coefficient (Wildman–Crippen LogP) is 2.01. The second-order valence-electron chi connectivity index (χ2n) is 2.78. The Morgan fingerprint density at radius 2 is 1.75 bits per heavy atom. The molecule has 0 aliphatic rings. The summed E-state index contributed by atoms with van der Waals surface area (Å²) >= 11 is 0. The fourth-order valence-electron chi connectivity index (χ4n) is 0.927. The van der Waals surface area contributed by atoms with Crippen molar-refractivity contribution in [1.29, 1.82) is 0 Å². The lowest BCUT2D eigenvalue weighted by molar-refractivity contribution is 0.479. The van der Waals surface area contributed by atoms with Gasteiger partial charge in [0.15, 0.2) is 0 Å². The van der Waals surface area contributed by atoms with Crippen molar-refractivity contribution in [2.45, 2.75) is 32.1 Å². The topological polar surface area (TPSA) is 54.4 Å². The van der Waals surface area contributed by atoms with Gasteiger partial charge in [-0.15, -0.1) is 6.58 Å². The van der Waals surface area contributed by atoms with Crippen LogP contribution in [0.1, 0.15) is 32.1 Å². The molecule has 12 heavy (non-hydrogen) atoms. The highest BCUT2D eigenvalue weighted by Gasteiger charge is 2.02. The van der Waals surface area contributed by atoms with Crippen molar-refractivity contribution >= 4 is 10.1 Å². The largest absolute Gasteiger partial charge is 0.286 e. The van der Waals surface area contributed by atoms with Crippen LogP contribution >= 0.6 is 0 Å². The van der Waals surface area contributed by atoms with E-state index in [-0.39, 0.29) is 5.75 Å². The minimum Gasteiger partial charge on any atom is -0.286 e. The van der Waals surface area contributed by atoms with Crippen molar-refractivity contribution in [3.63, 3.8) is 0 Å². The summed E-state index contributed by atoms with van der Waals surface area (Å²) in [6.07, 6.45) is 6.29. The van der Waals surface area contributed by atoms with E-state index in [1.54, 1.807) is 0 Å². The quantitative estimate of drug-likeness (QED) is 0.381. The second kappa shape index (κ2) is 6.20. The van der Waals surface area contributed by atoms with Gasteiger partial charge in [0.1, 0.15) is 0 Å². The van der Waals surface area contributed by atoms with Crippen LogP contribution in [0.15, 0.2) is 12.7 Å². The van der Waals surface area contributed by atoms with E-state index in [1.165, 1.54) is 0 Å². The summed E-state index contributed by atoms with van der Waals surface area (Å²) in [6, 6.07) is 0. The minimum atomic E-state index is -3.74. The second-order valence-corrected chi connectivity index (χ2v) is 4.35. The molecule has 0 unspecified atom stereocenters. The summed E-state index contributed by atoms with van der Waals surface area (Å²) in [5.74, 6) is -0.110. The molecule has 0 aliphatic heterocycles. The summed E-state index contributed by atoms with van der Waals surface area (Å²) in [6.45, 7) is 3.58.